The number of carbonyl (C=O) groups excluding carboxylic acids is 1. The lowest BCUT2D eigenvalue weighted by molar-refractivity contribution is -0.116. The molecule has 0 aliphatic heterocycles. The number of nitrogens with two attached hydrogens (primary N) is 1. The van der Waals surface area contributed by atoms with Gasteiger partial charge in [0.05, 0.1) is 0 Å². The lowest BCUT2D eigenvalue weighted by atomic mass is 10.4. The van der Waals surface area contributed by atoms with Gasteiger partial charge >= 0.3 is 0 Å². The molecule has 0 aliphatic carbocycles. The molecule has 1 rings (SSSR count). The predicted octanol–water partition coefficient (Wildman–Crippen LogP) is 1.05. The molecular weight excluding hydrogens is 224 g/mol. The summed E-state index contributed by atoms with van der Waals surface area (Å²) in [4.78, 5) is 10.6. The van der Waals surface area contributed by atoms with Crippen LogP contribution in [0.25, 0.3) is 6.08 Å². The summed E-state index contributed by atoms with van der Waals surface area (Å²) >= 11 is 3.13. The Morgan fingerprint density at radius 1 is 1.67 bits per heavy atom. The number of halogens is 1. The van der Waals surface area contributed by atoms with Gasteiger partial charge in [-0.25, -0.2) is 5.84 Å². The molecule has 0 fully saturated rings. The van der Waals surface area contributed by atoms with Crippen molar-refractivity contribution in [2.45, 2.75) is 0 Å². The maximum absolute atomic E-state index is 10.6. The highest BCUT2D eigenvalue weighted by atomic mass is 79.9. The molecule has 4 nitrogen and oxygen atoms in total. The highest BCUT2D eigenvalue weighted by Gasteiger charge is 1.95. The van der Waals surface area contributed by atoms with E-state index in [0.717, 1.165) is 0 Å². The van der Waals surface area contributed by atoms with E-state index in [0.29, 0.717) is 10.4 Å². The molecule has 0 aliphatic rings. The molecule has 0 bridgehead atoms. The van der Waals surface area contributed by atoms with Crippen LogP contribution in [-0.2, 0) is 4.79 Å². The third kappa shape index (κ3) is 2.52. The van der Waals surface area contributed by atoms with Crippen LogP contribution in [0.5, 0.6) is 0 Å². The maximum Gasteiger partial charge on any atom is 0.258 e. The standard InChI is InChI=1S/C7H7BrN2O2/c8-6-3-1-5(12-6)2-4-7(11)10-9/h1-4H,9H2,(H,10,11)/b4-2+. The fourth-order valence-corrected chi connectivity index (χ4v) is 0.943. The third-order valence-electron chi connectivity index (χ3n) is 1.14. The maximum atomic E-state index is 10.6. The molecule has 64 valence electrons. The van der Waals surface area contributed by atoms with Crippen LogP contribution in [0.1, 0.15) is 5.76 Å². The van der Waals surface area contributed by atoms with E-state index in [1.54, 1.807) is 12.1 Å². The summed E-state index contributed by atoms with van der Waals surface area (Å²) in [5.41, 5.74) is 1.96. The molecule has 0 saturated carbocycles. The zero-order valence-corrected chi connectivity index (χ0v) is 7.67. The second-order valence-corrected chi connectivity index (χ2v) is 2.77. The van der Waals surface area contributed by atoms with Gasteiger partial charge in [0.1, 0.15) is 5.76 Å². The molecule has 0 unspecified atom stereocenters. The average Bonchev–Trinajstić information content (AvgIpc) is 2.47. The lowest BCUT2D eigenvalue weighted by Crippen LogP contribution is -2.27. The van der Waals surface area contributed by atoms with Gasteiger partial charge in [-0.05, 0) is 34.1 Å². The zero-order valence-electron chi connectivity index (χ0n) is 6.08. The first-order valence-electron chi connectivity index (χ1n) is 3.16. The second-order valence-electron chi connectivity index (χ2n) is 1.98. The first-order chi connectivity index (χ1) is 5.72. The first-order valence-corrected chi connectivity index (χ1v) is 3.95. The zero-order chi connectivity index (χ0) is 8.97. The van der Waals surface area contributed by atoms with Crippen molar-refractivity contribution in [3.05, 3.63) is 28.6 Å². The number of furan rings is 1. The summed E-state index contributed by atoms with van der Waals surface area (Å²) < 4.78 is 5.71. The first kappa shape index (κ1) is 9.02. The summed E-state index contributed by atoms with van der Waals surface area (Å²) in [6.45, 7) is 0. The van der Waals surface area contributed by atoms with Crippen molar-refractivity contribution in [2.24, 2.45) is 5.84 Å². The van der Waals surface area contributed by atoms with E-state index in [2.05, 4.69) is 15.9 Å². The molecule has 12 heavy (non-hydrogen) atoms. The van der Waals surface area contributed by atoms with E-state index < -0.39 is 0 Å². The second kappa shape index (κ2) is 4.08. The van der Waals surface area contributed by atoms with E-state index in [4.69, 9.17) is 10.3 Å². The molecule has 1 aromatic rings. The van der Waals surface area contributed by atoms with Gasteiger partial charge in [0.25, 0.3) is 5.91 Å². The smallest absolute Gasteiger partial charge is 0.258 e. The van der Waals surface area contributed by atoms with E-state index in [9.17, 15) is 4.79 Å². The van der Waals surface area contributed by atoms with Gasteiger partial charge < -0.3 is 4.42 Å². The van der Waals surface area contributed by atoms with Crippen molar-refractivity contribution in [1.82, 2.24) is 5.43 Å². The van der Waals surface area contributed by atoms with Crippen LogP contribution < -0.4 is 11.3 Å². The minimum atomic E-state index is -0.373. The summed E-state index contributed by atoms with van der Waals surface area (Å²) in [6.07, 6.45) is 2.80. The Morgan fingerprint density at radius 3 is 2.92 bits per heavy atom. The van der Waals surface area contributed by atoms with Crippen molar-refractivity contribution >= 4 is 27.9 Å². The summed E-state index contributed by atoms with van der Waals surface area (Å²) in [6, 6.07) is 3.46. The van der Waals surface area contributed by atoms with Crippen LogP contribution in [0, 0.1) is 0 Å². The van der Waals surface area contributed by atoms with Crippen molar-refractivity contribution in [1.29, 1.82) is 0 Å². The topological polar surface area (TPSA) is 68.3 Å². The quantitative estimate of drug-likeness (QED) is 0.346. The average molecular weight is 231 g/mol. The molecule has 0 atom stereocenters. The van der Waals surface area contributed by atoms with Crippen molar-refractivity contribution in [3.63, 3.8) is 0 Å². The molecular formula is C7H7BrN2O2. The number of rotatable bonds is 2. The summed E-state index contributed by atoms with van der Waals surface area (Å²) in [7, 11) is 0. The van der Waals surface area contributed by atoms with Crippen LogP contribution >= 0.6 is 15.9 Å². The summed E-state index contributed by atoms with van der Waals surface area (Å²) in [5.74, 6) is 5.07. The Kier molecular flexibility index (Phi) is 3.07. The minimum absolute atomic E-state index is 0.373. The fraction of sp³-hybridized carbons (Fsp3) is 0. The van der Waals surface area contributed by atoms with Crippen LogP contribution in [0.4, 0.5) is 0 Å². The fourth-order valence-electron chi connectivity index (χ4n) is 0.624. The normalized spacial score (nSPS) is 10.5. The molecule has 1 amide bonds. The van der Waals surface area contributed by atoms with E-state index in [1.807, 2.05) is 5.43 Å². The number of hydrogen-bond donors (Lipinski definition) is 2. The van der Waals surface area contributed by atoms with Gasteiger partial charge in [0, 0.05) is 6.08 Å². The predicted molar refractivity (Wildman–Crippen MR) is 47.8 cm³/mol. The van der Waals surface area contributed by atoms with Gasteiger partial charge in [-0.15, -0.1) is 0 Å². The minimum Gasteiger partial charge on any atom is -0.450 e. The SMILES string of the molecule is NNC(=O)/C=C/c1ccc(Br)o1. The van der Waals surface area contributed by atoms with Gasteiger partial charge in [-0.1, -0.05) is 0 Å². The Morgan fingerprint density at radius 2 is 2.42 bits per heavy atom. The van der Waals surface area contributed by atoms with Crippen molar-refractivity contribution in [3.8, 4) is 0 Å². The Bertz CT molecular complexity index is 306. The number of hydrazine groups is 1. The van der Waals surface area contributed by atoms with Crippen molar-refractivity contribution < 1.29 is 9.21 Å². The molecule has 1 aromatic heterocycles. The number of carbonyl (C=O) groups is 1. The molecule has 1 heterocycles. The molecule has 5 heteroatoms. The van der Waals surface area contributed by atoms with Gasteiger partial charge in [-0.2, -0.15) is 0 Å². The Labute approximate surface area is 77.5 Å². The Hall–Kier alpha value is -1.07. The van der Waals surface area contributed by atoms with Gasteiger partial charge in [-0.3, -0.25) is 10.2 Å². The Balaban J connectivity index is 2.63. The van der Waals surface area contributed by atoms with Crippen LogP contribution in [0.3, 0.4) is 0 Å². The highest BCUT2D eigenvalue weighted by Crippen LogP contribution is 2.14. The molecule has 0 aromatic carbocycles. The van der Waals surface area contributed by atoms with Crippen LogP contribution in [0.15, 0.2) is 27.3 Å². The van der Waals surface area contributed by atoms with E-state index in [1.165, 1.54) is 12.2 Å². The number of nitrogens with one attached hydrogen (secondary N) is 1. The molecule has 3 N–H and O–H groups in total. The van der Waals surface area contributed by atoms with E-state index in [-0.39, 0.29) is 5.91 Å². The van der Waals surface area contributed by atoms with Gasteiger partial charge in [0.15, 0.2) is 4.67 Å². The van der Waals surface area contributed by atoms with Gasteiger partial charge in [0.2, 0.25) is 0 Å². The third-order valence-corrected chi connectivity index (χ3v) is 1.56. The summed E-state index contributed by atoms with van der Waals surface area (Å²) in [5, 5.41) is 0. The van der Waals surface area contributed by atoms with Crippen LogP contribution in [-0.4, -0.2) is 5.91 Å². The molecule has 0 saturated heterocycles. The number of hydrogen-bond acceptors (Lipinski definition) is 3. The van der Waals surface area contributed by atoms with E-state index >= 15 is 0 Å². The molecule has 0 spiro atoms. The highest BCUT2D eigenvalue weighted by molar-refractivity contribution is 9.10. The van der Waals surface area contributed by atoms with Crippen molar-refractivity contribution in [2.75, 3.05) is 0 Å². The largest absolute Gasteiger partial charge is 0.450 e. The molecule has 0 radical (unpaired) electrons. The van der Waals surface area contributed by atoms with Crippen LogP contribution in [0.2, 0.25) is 0 Å². The number of amides is 1. The monoisotopic (exact) mass is 230 g/mol. The lowest BCUT2D eigenvalue weighted by Gasteiger charge is -1.87.